The highest BCUT2D eigenvalue weighted by atomic mass is 14.7. The number of nitrogens with two attached hydrogens (primary N) is 1. The Morgan fingerprint density at radius 2 is 2.12 bits per heavy atom. The average Bonchev–Trinajstić information content (AvgIpc) is 2.57. The van der Waals surface area contributed by atoms with E-state index in [1.807, 2.05) is 0 Å². The van der Waals surface area contributed by atoms with Crippen molar-refractivity contribution in [2.75, 3.05) is 0 Å². The predicted molar refractivity (Wildman–Crippen MR) is 69.2 cm³/mol. The highest BCUT2D eigenvalue weighted by Crippen LogP contribution is 2.47. The summed E-state index contributed by atoms with van der Waals surface area (Å²) in [6.07, 6.45) is 3.93. The molecule has 1 saturated carbocycles. The van der Waals surface area contributed by atoms with E-state index in [2.05, 4.69) is 45.0 Å². The lowest BCUT2D eigenvalue weighted by molar-refractivity contribution is 0.222. The Balaban J connectivity index is 2.22. The van der Waals surface area contributed by atoms with E-state index in [1.165, 1.54) is 30.4 Å². The molecule has 1 aliphatic carbocycles. The molecular formula is C15H23N. The second kappa shape index (κ2) is 4.21. The largest absolute Gasteiger partial charge is 0.324 e. The zero-order valence-electron chi connectivity index (χ0n) is 10.7. The van der Waals surface area contributed by atoms with Gasteiger partial charge in [-0.05, 0) is 36.7 Å². The van der Waals surface area contributed by atoms with Crippen LogP contribution in [0.1, 0.15) is 50.3 Å². The van der Waals surface area contributed by atoms with Crippen LogP contribution in [0, 0.1) is 18.3 Å². The summed E-state index contributed by atoms with van der Waals surface area (Å²) in [6, 6.07) is 8.87. The fourth-order valence-corrected chi connectivity index (χ4v) is 3.13. The van der Waals surface area contributed by atoms with E-state index in [-0.39, 0.29) is 6.04 Å². The molecule has 0 aliphatic heterocycles. The minimum Gasteiger partial charge on any atom is -0.324 e. The van der Waals surface area contributed by atoms with E-state index in [0.29, 0.717) is 11.3 Å². The number of aryl methyl sites for hydroxylation is 1. The van der Waals surface area contributed by atoms with Crippen molar-refractivity contribution in [2.45, 2.75) is 46.1 Å². The van der Waals surface area contributed by atoms with Crippen molar-refractivity contribution in [1.29, 1.82) is 0 Å². The zero-order chi connectivity index (χ0) is 11.8. The molecule has 1 heteroatoms. The van der Waals surface area contributed by atoms with E-state index < -0.39 is 0 Å². The second-order valence-electron chi connectivity index (χ2n) is 5.93. The van der Waals surface area contributed by atoms with Crippen LogP contribution in [-0.4, -0.2) is 0 Å². The minimum atomic E-state index is 0.206. The monoisotopic (exact) mass is 217 g/mol. The van der Waals surface area contributed by atoms with Gasteiger partial charge in [-0.3, -0.25) is 0 Å². The van der Waals surface area contributed by atoms with Crippen LogP contribution in [0.3, 0.4) is 0 Å². The van der Waals surface area contributed by atoms with Gasteiger partial charge < -0.3 is 5.73 Å². The van der Waals surface area contributed by atoms with Gasteiger partial charge in [-0.2, -0.15) is 0 Å². The van der Waals surface area contributed by atoms with Gasteiger partial charge in [-0.15, -0.1) is 0 Å². The normalized spacial score (nSPS) is 25.6. The third-order valence-corrected chi connectivity index (χ3v) is 4.20. The van der Waals surface area contributed by atoms with Gasteiger partial charge in [0.1, 0.15) is 0 Å². The molecule has 16 heavy (non-hydrogen) atoms. The molecule has 88 valence electrons. The molecule has 0 saturated heterocycles. The van der Waals surface area contributed by atoms with E-state index in [4.69, 9.17) is 5.73 Å². The van der Waals surface area contributed by atoms with Crippen molar-refractivity contribution in [3.05, 3.63) is 35.4 Å². The molecule has 0 spiro atoms. The van der Waals surface area contributed by atoms with Crippen LogP contribution in [-0.2, 0) is 0 Å². The van der Waals surface area contributed by atoms with Crippen LogP contribution >= 0.6 is 0 Å². The van der Waals surface area contributed by atoms with Crippen LogP contribution in [0.4, 0.5) is 0 Å². The fraction of sp³-hybridized carbons (Fsp3) is 0.600. The highest BCUT2D eigenvalue weighted by Gasteiger charge is 2.38. The van der Waals surface area contributed by atoms with Crippen molar-refractivity contribution >= 4 is 0 Å². The minimum absolute atomic E-state index is 0.206. The van der Waals surface area contributed by atoms with Gasteiger partial charge in [-0.25, -0.2) is 0 Å². The molecule has 2 rings (SSSR count). The third-order valence-electron chi connectivity index (χ3n) is 4.20. The number of benzene rings is 1. The molecule has 1 nitrogen and oxygen atoms in total. The van der Waals surface area contributed by atoms with Crippen LogP contribution in [0.25, 0.3) is 0 Å². The molecule has 2 N–H and O–H groups in total. The molecular weight excluding hydrogens is 194 g/mol. The number of hydrogen-bond acceptors (Lipinski definition) is 1. The first-order valence-corrected chi connectivity index (χ1v) is 6.33. The van der Waals surface area contributed by atoms with Gasteiger partial charge in [0, 0.05) is 6.04 Å². The van der Waals surface area contributed by atoms with Gasteiger partial charge >= 0.3 is 0 Å². The lowest BCUT2D eigenvalue weighted by Gasteiger charge is -2.32. The van der Waals surface area contributed by atoms with Crippen molar-refractivity contribution in [3.8, 4) is 0 Å². The van der Waals surface area contributed by atoms with Crippen molar-refractivity contribution in [1.82, 2.24) is 0 Å². The summed E-state index contributed by atoms with van der Waals surface area (Å²) in [7, 11) is 0. The van der Waals surface area contributed by atoms with Gasteiger partial charge in [-0.1, -0.05) is 50.1 Å². The first-order chi connectivity index (χ1) is 7.50. The molecule has 1 aromatic rings. The lowest BCUT2D eigenvalue weighted by Crippen LogP contribution is -2.29. The Hall–Kier alpha value is -0.820. The molecule has 0 amide bonds. The standard InChI is InChI=1S/C15H23N/c1-11-6-4-7-12(10-11)14(16)13-8-5-9-15(13,2)3/h4,6-7,10,13-14H,5,8-9,16H2,1-3H3. The molecule has 0 bridgehead atoms. The summed E-state index contributed by atoms with van der Waals surface area (Å²) < 4.78 is 0. The Bertz CT molecular complexity index is 367. The van der Waals surface area contributed by atoms with Gasteiger partial charge in [0.05, 0.1) is 0 Å². The van der Waals surface area contributed by atoms with E-state index in [1.54, 1.807) is 0 Å². The Kier molecular flexibility index (Phi) is 3.07. The average molecular weight is 217 g/mol. The molecule has 0 heterocycles. The van der Waals surface area contributed by atoms with Gasteiger partial charge in [0.25, 0.3) is 0 Å². The quantitative estimate of drug-likeness (QED) is 0.800. The van der Waals surface area contributed by atoms with Gasteiger partial charge in [0.2, 0.25) is 0 Å². The van der Waals surface area contributed by atoms with Gasteiger partial charge in [0.15, 0.2) is 0 Å². The summed E-state index contributed by atoms with van der Waals surface area (Å²) in [6.45, 7) is 6.86. The zero-order valence-corrected chi connectivity index (χ0v) is 10.7. The SMILES string of the molecule is Cc1cccc(C(N)C2CCCC2(C)C)c1. The highest BCUT2D eigenvalue weighted by molar-refractivity contribution is 5.26. The molecule has 1 aromatic carbocycles. The molecule has 1 aliphatic rings. The maximum atomic E-state index is 6.44. The number of hydrogen-bond donors (Lipinski definition) is 1. The second-order valence-corrected chi connectivity index (χ2v) is 5.93. The van der Waals surface area contributed by atoms with Crippen molar-refractivity contribution in [2.24, 2.45) is 17.1 Å². The van der Waals surface area contributed by atoms with E-state index in [9.17, 15) is 0 Å². The Morgan fingerprint density at radius 3 is 2.69 bits per heavy atom. The van der Waals surface area contributed by atoms with Crippen molar-refractivity contribution in [3.63, 3.8) is 0 Å². The van der Waals surface area contributed by atoms with Crippen molar-refractivity contribution < 1.29 is 0 Å². The molecule has 2 unspecified atom stereocenters. The predicted octanol–water partition coefficient (Wildman–Crippen LogP) is 3.82. The Morgan fingerprint density at radius 1 is 1.38 bits per heavy atom. The maximum Gasteiger partial charge on any atom is 0.0328 e. The topological polar surface area (TPSA) is 26.0 Å². The first-order valence-electron chi connectivity index (χ1n) is 6.33. The Labute approximate surface area is 99.0 Å². The van der Waals surface area contributed by atoms with Crippen LogP contribution < -0.4 is 5.73 Å². The third kappa shape index (κ3) is 2.15. The molecule has 0 aromatic heterocycles. The lowest BCUT2D eigenvalue weighted by atomic mass is 9.76. The van der Waals surface area contributed by atoms with Crippen LogP contribution in [0.5, 0.6) is 0 Å². The van der Waals surface area contributed by atoms with Crippen LogP contribution in [0.2, 0.25) is 0 Å². The summed E-state index contributed by atoms with van der Waals surface area (Å²) in [5, 5.41) is 0. The summed E-state index contributed by atoms with van der Waals surface area (Å²) >= 11 is 0. The summed E-state index contributed by atoms with van der Waals surface area (Å²) in [4.78, 5) is 0. The van der Waals surface area contributed by atoms with E-state index in [0.717, 1.165) is 0 Å². The summed E-state index contributed by atoms with van der Waals surface area (Å²) in [5.74, 6) is 0.634. The number of rotatable bonds is 2. The summed E-state index contributed by atoms with van der Waals surface area (Å²) in [5.41, 5.74) is 9.47. The van der Waals surface area contributed by atoms with E-state index >= 15 is 0 Å². The fourth-order valence-electron chi connectivity index (χ4n) is 3.13. The van der Waals surface area contributed by atoms with Crippen LogP contribution in [0.15, 0.2) is 24.3 Å². The molecule has 2 atom stereocenters. The smallest absolute Gasteiger partial charge is 0.0328 e. The maximum absolute atomic E-state index is 6.44. The molecule has 1 fully saturated rings. The first kappa shape index (κ1) is 11.7. The molecule has 0 radical (unpaired) electrons.